The monoisotopic (exact) mass is 289 g/mol. The third kappa shape index (κ3) is 7.72. The van der Waals surface area contributed by atoms with Crippen LogP contribution >= 0.6 is 12.9 Å². The maximum atomic E-state index is 11.8. The van der Waals surface area contributed by atoms with Crippen LogP contribution < -0.4 is 0 Å². The Kier molecular flexibility index (Phi) is 9.98. The van der Waals surface area contributed by atoms with Gasteiger partial charge in [-0.05, 0) is 12.9 Å². The summed E-state index contributed by atoms with van der Waals surface area (Å²) < 4.78 is 11.9. The maximum Gasteiger partial charge on any atom is 0.303 e. The van der Waals surface area contributed by atoms with E-state index < -0.39 is 5.97 Å². The summed E-state index contributed by atoms with van der Waals surface area (Å²) in [4.78, 5) is 23.8. The number of hydrogen-bond acceptors (Lipinski definition) is 5. The Balaban J connectivity index is 0.00000154. The average Bonchev–Trinajstić information content (AvgIpc) is 2.38. The quantitative estimate of drug-likeness (QED) is 0.406. The predicted octanol–water partition coefficient (Wildman–Crippen LogP) is 0.881. The first-order valence-electron chi connectivity index (χ1n) is 5.81. The molecule has 0 radical (unpaired) electrons. The minimum absolute atomic E-state index is 0.0409. The number of rotatable bonds is 4. The van der Waals surface area contributed by atoms with Gasteiger partial charge < -0.3 is 19.3 Å². The summed E-state index contributed by atoms with van der Waals surface area (Å²) in [6, 6.07) is 0. The first kappa shape index (κ1) is 17.8. The normalized spacial score (nSPS) is 18.1. The fraction of sp³-hybridized carbons (Fsp3) is 0.667. The largest absolute Gasteiger partial charge is 0.481 e. The van der Waals surface area contributed by atoms with Gasteiger partial charge in [0.1, 0.15) is 0 Å². The molecule has 0 aliphatic carbocycles. The van der Waals surface area contributed by atoms with Crippen LogP contribution in [0.25, 0.3) is 0 Å². The molecular formula is C12H19NO5S. The van der Waals surface area contributed by atoms with E-state index in [1.54, 1.807) is 12.0 Å². The molecule has 19 heavy (non-hydrogen) atoms. The van der Waals surface area contributed by atoms with Crippen molar-refractivity contribution in [2.75, 3.05) is 20.2 Å². The smallest absolute Gasteiger partial charge is 0.303 e. The predicted molar refractivity (Wildman–Crippen MR) is 72.9 cm³/mol. The Bertz CT molecular complexity index is 350. The van der Waals surface area contributed by atoms with E-state index in [1.807, 2.05) is 0 Å². The second kappa shape index (κ2) is 10.7. The van der Waals surface area contributed by atoms with Crippen molar-refractivity contribution < 1.29 is 24.0 Å². The lowest BCUT2D eigenvalue weighted by atomic mass is 10.1. The van der Waals surface area contributed by atoms with Gasteiger partial charge in [0.15, 0.2) is 0 Å². The molecule has 0 saturated heterocycles. The zero-order valence-corrected chi connectivity index (χ0v) is 11.7. The number of aliphatic carboxylic acids is 1. The lowest BCUT2D eigenvalue weighted by molar-refractivity contribution is -0.141. The summed E-state index contributed by atoms with van der Waals surface area (Å²) in [6.45, 7) is 1.04. The van der Waals surface area contributed by atoms with Gasteiger partial charge >= 0.3 is 5.97 Å². The van der Waals surface area contributed by atoms with Gasteiger partial charge in [0, 0.05) is 39.5 Å². The van der Waals surface area contributed by atoms with Gasteiger partial charge in [-0.25, -0.2) is 0 Å². The summed E-state index contributed by atoms with van der Waals surface area (Å²) in [5.41, 5.74) is 0. The highest BCUT2D eigenvalue weighted by Crippen LogP contribution is 2.07. The molecule has 0 saturated carbocycles. The molecule has 1 heterocycles. The molecule has 1 atom stereocenters. The molecule has 7 heteroatoms. The summed E-state index contributed by atoms with van der Waals surface area (Å²) in [5, 5.41) is 8.54. The number of ether oxygens (including phenoxy) is 1. The molecule has 6 nitrogen and oxygen atoms in total. The van der Waals surface area contributed by atoms with Crippen molar-refractivity contribution in [2.45, 2.75) is 31.8 Å². The fourth-order valence-electron chi connectivity index (χ4n) is 1.62. The van der Waals surface area contributed by atoms with Crippen molar-refractivity contribution in [1.29, 1.82) is 0 Å². The van der Waals surface area contributed by atoms with E-state index in [4.69, 9.17) is 14.4 Å². The van der Waals surface area contributed by atoms with Crippen molar-refractivity contribution in [1.82, 2.24) is 4.90 Å². The second-order valence-electron chi connectivity index (χ2n) is 3.90. The third-order valence-electron chi connectivity index (χ3n) is 2.62. The van der Waals surface area contributed by atoms with Crippen LogP contribution in [0.2, 0.25) is 0 Å². The molecule has 2 N–H and O–H groups in total. The number of carboxylic acid groups (broad SMARTS) is 1. The maximum absolute atomic E-state index is 11.8. The first-order valence-corrected chi connectivity index (χ1v) is 6.21. The zero-order valence-electron chi connectivity index (χ0n) is 10.8. The molecule has 1 aliphatic heterocycles. The van der Waals surface area contributed by atoms with E-state index in [1.165, 1.54) is 0 Å². The van der Waals surface area contributed by atoms with Crippen LogP contribution in [-0.2, 0) is 14.3 Å². The number of nitrogens with zero attached hydrogens (tertiary/aromatic N) is 1. The molecule has 0 aromatic heterocycles. The van der Waals surface area contributed by atoms with Crippen molar-refractivity contribution in [3.8, 4) is 11.8 Å². The highest BCUT2D eigenvalue weighted by atomic mass is 32.1. The van der Waals surface area contributed by atoms with Crippen molar-refractivity contribution in [3.05, 3.63) is 0 Å². The molecule has 0 fully saturated rings. The van der Waals surface area contributed by atoms with E-state index in [-0.39, 0.29) is 24.9 Å². The minimum atomic E-state index is -0.950. The Labute approximate surface area is 118 Å². The highest BCUT2D eigenvalue weighted by Gasteiger charge is 2.19. The Morgan fingerprint density at radius 2 is 2.05 bits per heavy atom. The van der Waals surface area contributed by atoms with Gasteiger partial charge in [0.05, 0.1) is 12.5 Å². The summed E-state index contributed by atoms with van der Waals surface area (Å²) in [7, 11) is 1.59. The van der Waals surface area contributed by atoms with Crippen LogP contribution in [0.5, 0.6) is 0 Å². The number of methoxy groups -OCH3 is 1. The number of amides is 1. The van der Waals surface area contributed by atoms with E-state index in [0.717, 1.165) is 0 Å². The van der Waals surface area contributed by atoms with Crippen LogP contribution in [0.1, 0.15) is 25.7 Å². The number of hydrogen-bond donors (Lipinski definition) is 3. The standard InChI is InChI=1S/C12H17NO4.H2OS/c1-17-10-5-3-2-4-8-13(9-10)11(14)6-7-12(15)16;1-2/h10H,4-9H2,1H3,(H,15,16);1-2H. The second-order valence-corrected chi connectivity index (χ2v) is 3.90. The van der Waals surface area contributed by atoms with Crippen molar-refractivity contribution in [3.63, 3.8) is 0 Å². The van der Waals surface area contributed by atoms with Gasteiger partial charge in [-0.3, -0.25) is 9.59 Å². The molecule has 108 valence electrons. The summed E-state index contributed by atoms with van der Waals surface area (Å²) in [6.07, 6.45) is 1.07. The summed E-state index contributed by atoms with van der Waals surface area (Å²) >= 11 is 2.53. The molecule has 0 bridgehead atoms. The zero-order chi connectivity index (χ0) is 14.7. The number of carbonyl (C=O) groups is 2. The van der Waals surface area contributed by atoms with Gasteiger partial charge in [-0.1, -0.05) is 0 Å². The SMILES string of the molecule is COC1CC#CCCN(C(=O)CCC(=O)O)C1.OS. The highest BCUT2D eigenvalue weighted by molar-refractivity contribution is 7.74. The number of thiol groups is 1. The van der Waals surface area contributed by atoms with Crippen molar-refractivity contribution in [2.24, 2.45) is 0 Å². The minimum Gasteiger partial charge on any atom is -0.481 e. The molecular weight excluding hydrogens is 270 g/mol. The Morgan fingerprint density at radius 1 is 1.37 bits per heavy atom. The number of carboxylic acids is 1. The lowest BCUT2D eigenvalue weighted by Gasteiger charge is -2.26. The van der Waals surface area contributed by atoms with Gasteiger partial charge in [-0.2, -0.15) is 0 Å². The molecule has 0 aromatic carbocycles. The first-order chi connectivity index (χ1) is 9.13. The molecule has 1 rings (SSSR count). The summed E-state index contributed by atoms with van der Waals surface area (Å²) in [5.74, 6) is 4.86. The van der Waals surface area contributed by atoms with Crippen LogP contribution in [0, 0.1) is 11.8 Å². The van der Waals surface area contributed by atoms with E-state index in [9.17, 15) is 9.59 Å². The van der Waals surface area contributed by atoms with Crippen LogP contribution in [-0.4, -0.2) is 52.7 Å². The Morgan fingerprint density at radius 3 is 2.63 bits per heavy atom. The number of carbonyl (C=O) groups excluding carboxylic acids is 1. The van der Waals surface area contributed by atoms with Crippen LogP contribution in [0.3, 0.4) is 0 Å². The average molecular weight is 289 g/mol. The Hall–Kier alpha value is -1.23. The fourth-order valence-corrected chi connectivity index (χ4v) is 1.62. The van der Waals surface area contributed by atoms with Crippen LogP contribution in [0.4, 0.5) is 0 Å². The van der Waals surface area contributed by atoms with Gasteiger partial charge in [-0.15, -0.1) is 11.8 Å². The molecule has 0 spiro atoms. The molecule has 1 amide bonds. The van der Waals surface area contributed by atoms with Gasteiger partial charge in [0.25, 0.3) is 0 Å². The van der Waals surface area contributed by atoms with E-state index in [0.29, 0.717) is 25.9 Å². The van der Waals surface area contributed by atoms with Gasteiger partial charge in [0.2, 0.25) is 5.91 Å². The topological polar surface area (TPSA) is 87.1 Å². The lowest BCUT2D eigenvalue weighted by Crippen LogP contribution is -2.39. The molecule has 1 aliphatic rings. The third-order valence-corrected chi connectivity index (χ3v) is 2.62. The van der Waals surface area contributed by atoms with Crippen molar-refractivity contribution >= 4 is 24.8 Å². The van der Waals surface area contributed by atoms with E-state index >= 15 is 0 Å². The molecule has 1 unspecified atom stereocenters. The van der Waals surface area contributed by atoms with E-state index in [2.05, 4.69) is 24.8 Å². The molecule has 0 aromatic rings. The van der Waals surface area contributed by atoms with Crippen LogP contribution in [0.15, 0.2) is 0 Å².